The molecule has 0 bridgehead atoms. The van der Waals surface area contributed by atoms with Crippen LogP contribution in [-0.2, 0) is 14.4 Å². The Labute approximate surface area is 69.0 Å². The second kappa shape index (κ2) is 4.31. The fourth-order valence-corrected chi connectivity index (χ4v) is 0.632. The van der Waals surface area contributed by atoms with E-state index in [2.05, 4.69) is 4.79 Å². The van der Waals surface area contributed by atoms with Gasteiger partial charge in [-0.2, -0.15) is 4.79 Å². The SMILES string of the molecule is CC(=O)CC(=O)C(=[N+]=[N-])C(C)=O. The Hall–Kier alpha value is -1.61. The summed E-state index contributed by atoms with van der Waals surface area (Å²) in [5.74, 6) is -1.77. The van der Waals surface area contributed by atoms with Crippen LogP contribution in [-0.4, -0.2) is 27.9 Å². The van der Waals surface area contributed by atoms with Gasteiger partial charge in [-0.15, -0.1) is 0 Å². The number of hydrogen-bond donors (Lipinski definition) is 0. The third-order valence-corrected chi connectivity index (χ3v) is 1.11. The van der Waals surface area contributed by atoms with Crippen molar-refractivity contribution in [3.05, 3.63) is 5.53 Å². The summed E-state index contributed by atoms with van der Waals surface area (Å²) in [6.45, 7) is 2.31. The van der Waals surface area contributed by atoms with E-state index in [0.29, 0.717) is 0 Å². The molecule has 0 aromatic heterocycles. The van der Waals surface area contributed by atoms with Gasteiger partial charge in [0.05, 0.1) is 6.42 Å². The molecule has 0 aliphatic rings. The predicted octanol–water partition coefficient (Wildman–Crippen LogP) is -0.206. The third kappa shape index (κ3) is 2.98. The lowest BCUT2D eigenvalue weighted by Crippen LogP contribution is -2.24. The summed E-state index contributed by atoms with van der Waals surface area (Å²) in [5, 5.41) is 0. The highest BCUT2D eigenvalue weighted by Gasteiger charge is 2.25. The number of rotatable bonds is 4. The van der Waals surface area contributed by atoms with Crippen molar-refractivity contribution in [2.75, 3.05) is 0 Å². The minimum absolute atomic E-state index is 0.373. The van der Waals surface area contributed by atoms with Crippen molar-refractivity contribution in [3.63, 3.8) is 0 Å². The minimum atomic E-state index is -0.752. The van der Waals surface area contributed by atoms with Gasteiger partial charge in [0.25, 0.3) is 5.78 Å². The molecule has 12 heavy (non-hydrogen) atoms. The van der Waals surface area contributed by atoms with Crippen LogP contribution in [0.1, 0.15) is 20.3 Å². The third-order valence-electron chi connectivity index (χ3n) is 1.11. The molecule has 0 radical (unpaired) electrons. The maximum Gasteiger partial charge on any atom is 0.400 e. The second-order valence-electron chi connectivity index (χ2n) is 2.31. The van der Waals surface area contributed by atoms with Crippen molar-refractivity contribution in [2.45, 2.75) is 20.3 Å². The molecule has 5 nitrogen and oxygen atoms in total. The smallest absolute Gasteiger partial charge is 0.360 e. The normalized spacial score (nSPS) is 8.50. The first-order chi connectivity index (χ1) is 5.49. The maximum atomic E-state index is 10.9. The number of Topliss-reactive ketones (excluding diaryl/α,β-unsaturated/α-hetero) is 3. The monoisotopic (exact) mass is 168 g/mol. The van der Waals surface area contributed by atoms with Crippen molar-refractivity contribution in [2.24, 2.45) is 0 Å². The van der Waals surface area contributed by atoms with E-state index in [-0.39, 0.29) is 5.78 Å². The van der Waals surface area contributed by atoms with Crippen molar-refractivity contribution >= 4 is 23.1 Å². The molecule has 64 valence electrons. The number of carbonyl (C=O) groups is 3. The number of nitrogens with zero attached hydrogens (tertiary/aromatic N) is 2. The van der Waals surface area contributed by atoms with E-state index in [0.717, 1.165) is 6.92 Å². The second-order valence-corrected chi connectivity index (χ2v) is 2.31. The van der Waals surface area contributed by atoms with Crippen molar-refractivity contribution in [3.8, 4) is 0 Å². The lowest BCUT2D eigenvalue weighted by atomic mass is 10.1. The number of hydrogen-bond acceptors (Lipinski definition) is 3. The molecule has 0 saturated heterocycles. The Morgan fingerprint density at radius 2 is 1.75 bits per heavy atom. The van der Waals surface area contributed by atoms with Gasteiger partial charge in [0.15, 0.2) is 0 Å². The summed E-state index contributed by atoms with van der Waals surface area (Å²) in [4.78, 5) is 34.4. The summed E-state index contributed by atoms with van der Waals surface area (Å²) >= 11 is 0. The van der Waals surface area contributed by atoms with Crippen LogP contribution in [0, 0.1) is 0 Å². The zero-order valence-electron chi connectivity index (χ0n) is 6.83. The summed E-state index contributed by atoms with van der Waals surface area (Å²) in [6.07, 6.45) is -0.404. The Morgan fingerprint density at radius 1 is 1.25 bits per heavy atom. The van der Waals surface area contributed by atoms with Gasteiger partial charge in [0.1, 0.15) is 5.78 Å². The van der Waals surface area contributed by atoms with E-state index in [1.807, 2.05) is 0 Å². The van der Waals surface area contributed by atoms with Crippen LogP contribution in [0.25, 0.3) is 5.53 Å². The minimum Gasteiger partial charge on any atom is -0.360 e. The molecular weight excluding hydrogens is 160 g/mol. The van der Waals surface area contributed by atoms with Crippen LogP contribution < -0.4 is 0 Å². The van der Waals surface area contributed by atoms with Crippen LogP contribution in [0.3, 0.4) is 0 Å². The zero-order chi connectivity index (χ0) is 9.72. The lowest BCUT2D eigenvalue weighted by Gasteiger charge is -1.87. The van der Waals surface area contributed by atoms with Crippen LogP contribution >= 0.6 is 0 Å². The summed E-state index contributed by atoms with van der Waals surface area (Å²) in [5.41, 5.74) is 7.64. The van der Waals surface area contributed by atoms with Gasteiger partial charge in [0.2, 0.25) is 5.78 Å². The average Bonchev–Trinajstić information content (AvgIpc) is 1.85. The molecule has 0 unspecified atom stereocenters. The van der Waals surface area contributed by atoms with E-state index >= 15 is 0 Å². The van der Waals surface area contributed by atoms with Crippen molar-refractivity contribution in [1.82, 2.24) is 0 Å². The first kappa shape index (κ1) is 10.4. The predicted molar refractivity (Wildman–Crippen MR) is 39.6 cm³/mol. The Kier molecular flexibility index (Phi) is 3.73. The fraction of sp³-hybridized carbons (Fsp3) is 0.429. The molecule has 0 amide bonds. The van der Waals surface area contributed by atoms with Crippen LogP contribution in [0.2, 0.25) is 0 Å². The zero-order valence-corrected chi connectivity index (χ0v) is 6.83. The molecule has 0 spiro atoms. The van der Waals surface area contributed by atoms with Gasteiger partial charge in [0, 0.05) is 6.92 Å². The quantitative estimate of drug-likeness (QED) is 0.252. The molecule has 0 rings (SSSR count). The van der Waals surface area contributed by atoms with Gasteiger partial charge < -0.3 is 5.53 Å². The van der Waals surface area contributed by atoms with Crippen molar-refractivity contribution < 1.29 is 19.2 Å². The summed E-state index contributed by atoms with van der Waals surface area (Å²) in [7, 11) is 0. The largest absolute Gasteiger partial charge is 0.400 e. The van der Waals surface area contributed by atoms with Gasteiger partial charge in [-0.05, 0) is 6.92 Å². The van der Waals surface area contributed by atoms with Crippen LogP contribution in [0.5, 0.6) is 0 Å². The van der Waals surface area contributed by atoms with Gasteiger partial charge in [-0.3, -0.25) is 14.4 Å². The van der Waals surface area contributed by atoms with Gasteiger partial charge >= 0.3 is 5.71 Å². The molecule has 0 heterocycles. The molecule has 0 fully saturated rings. The van der Waals surface area contributed by atoms with E-state index in [1.54, 1.807) is 0 Å². The highest BCUT2D eigenvalue weighted by atomic mass is 16.2. The highest BCUT2D eigenvalue weighted by molar-refractivity contribution is 6.64. The Bertz CT molecular complexity index is 287. The molecule has 5 heteroatoms. The molecule has 0 N–H and O–H groups in total. The van der Waals surface area contributed by atoms with E-state index in [9.17, 15) is 14.4 Å². The first-order valence-corrected chi connectivity index (χ1v) is 3.24. The Balaban J connectivity index is 4.57. The van der Waals surface area contributed by atoms with Crippen molar-refractivity contribution in [1.29, 1.82) is 0 Å². The molecule has 0 aliphatic carbocycles. The topological polar surface area (TPSA) is 87.6 Å². The summed E-state index contributed by atoms with van der Waals surface area (Å²) < 4.78 is 0. The molecular formula is C7H8N2O3. The summed E-state index contributed by atoms with van der Waals surface area (Å²) in [6, 6.07) is 0. The molecule has 0 atom stereocenters. The fourth-order valence-electron chi connectivity index (χ4n) is 0.632. The Morgan fingerprint density at radius 3 is 2.00 bits per heavy atom. The number of ketones is 3. The van der Waals surface area contributed by atoms with E-state index < -0.39 is 23.7 Å². The van der Waals surface area contributed by atoms with Gasteiger partial charge in [-0.25, -0.2) is 0 Å². The lowest BCUT2D eigenvalue weighted by molar-refractivity contribution is -0.126. The first-order valence-electron chi connectivity index (χ1n) is 3.24. The van der Waals surface area contributed by atoms with Crippen LogP contribution in [0.15, 0.2) is 0 Å². The van der Waals surface area contributed by atoms with E-state index in [4.69, 9.17) is 5.53 Å². The highest BCUT2D eigenvalue weighted by Crippen LogP contribution is 1.88. The maximum absolute atomic E-state index is 10.9. The average molecular weight is 168 g/mol. The molecule has 0 saturated carbocycles. The molecule has 0 aromatic carbocycles. The number of carbonyl (C=O) groups excluding carboxylic acids is 3. The molecule has 0 aliphatic heterocycles. The van der Waals surface area contributed by atoms with Gasteiger partial charge in [-0.1, -0.05) is 0 Å². The van der Waals surface area contributed by atoms with Crippen LogP contribution in [0.4, 0.5) is 0 Å². The van der Waals surface area contributed by atoms with E-state index in [1.165, 1.54) is 6.92 Å². The standard InChI is InChI=1S/C7H8N2O3/c1-4(10)3-6(12)7(9-8)5(2)11/h3H2,1-2H3. The molecule has 0 aromatic rings.